The average Bonchev–Trinajstić information content (AvgIpc) is 3.63. The predicted molar refractivity (Wildman–Crippen MR) is 176 cm³/mol. The van der Waals surface area contributed by atoms with Gasteiger partial charge in [0, 0.05) is 0 Å². The average molecular weight is 843 g/mol. The zero-order valence-electron chi connectivity index (χ0n) is 19.3. The maximum atomic E-state index is 2.41. The summed E-state index contributed by atoms with van der Waals surface area (Å²) in [6.45, 7) is 0. The molecule has 192 valence electrons. The summed E-state index contributed by atoms with van der Waals surface area (Å²) >= 11 is 19.6. The molecule has 0 N–H and O–H groups in total. The van der Waals surface area contributed by atoms with Crippen molar-refractivity contribution in [2.45, 2.75) is 74.1 Å². The van der Waals surface area contributed by atoms with E-state index in [0.717, 1.165) is 91.3 Å². The van der Waals surface area contributed by atoms with E-state index >= 15 is 0 Å². The fourth-order valence-corrected chi connectivity index (χ4v) is 25.3. The van der Waals surface area contributed by atoms with E-state index in [0.29, 0.717) is 0 Å². The molecule has 4 aliphatic rings. The standard InChI is InChI=1S/C22H38S7Se4/c1(3-30-11-19-7-26-19)23-5-17(13-32-15-21-9-28-21)25-6-18(14-33-16-22-10-29-22)24-2-4-31-12-20-8-27-20/h17-22H,1-16H2. The van der Waals surface area contributed by atoms with E-state index < -0.39 is 0 Å². The van der Waals surface area contributed by atoms with Crippen LogP contribution in [0.25, 0.3) is 0 Å². The van der Waals surface area contributed by atoms with Crippen LogP contribution < -0.4 is 0 Å². The monoisotopic (exact) mass is 846 g/mol. The van der Waals surface area contributed by atoms with E-state index in [1.54, 1.807) is 31.9 Å². The van der Waals surface area contributed by atoms with Crippen molar-refractivity contribution in [3.05, 3.63) is 0 Å². The summed E-state index contributed by atoms with van der Waals surface area (Å²) in [7, 11) is 0. The Hall–Kier alpha value is 4.53. The Bertz CT molecular complexity index is 519. The van der Waals surface area contributed by atoms with Gasteiger partial charge in [-0.1, -0.05) is 0 Å². The van der Waals surface area contributed by atoms with Crippen molar-refractivity contribution in [1.82, 2.24) is 0 Å². The SMILES string of the molecule is C(C[Se]CC1CS1)SCC(C[Se]CC1CS1)SCC(C[Se]CC1CS1)SCC[Se]CC1CS1. The number of rotatable bonds is 24. The van der Waals surface area contributed by atoms with Crippen molar-refractivity contribution in [3.8, 4) is 0 Å². The fourth-order valence-electron chi connectivity index (χ4n) is 2.89. The summed E-state index contributed by atoms with van der Waals surface area (Å²) in [5, 5.41) is 18.6. The molecule has 4 fully saturated rings. The van der Waals surface area contributed by atoms with E-state index in [4.69, 9.17) is 0 Å². The molecule has 6 atom stereocenters. The maximum absolute atomic E-state index is 2.41. The molecule has 0 spiro atoms. The third-order valence-electron chi connectivity index (χ3n) is 5.21. The Morgan fingerprint density at radius 2 is 1.03 bits per heavy atom. The Balaban J connectivity index is 1.10. The van der Waals surface area contributed by atoms with Crippen LogP contribution >= 0.6 is 82.3 Å². The summed E-state index contributed by atoms with van der Waals surface area (Å²) < 4.78 is 0. The van der Waals surface area contributed by atoms with Crippen LogP contribution in [0, 0.1) is 0 Å². The fraction of sp³-hybridized carbons (Fsp3) is 1.00. The third kappa shape index (κ3) is 17.1. The molecular formula is C22H38S7Se4. The summed E-state index contributed by atoms with van der Waals surface area (Å²) in [6, 6.07) is 0. The van der Waals surface area contributed by atoms with E-state index in [1.165, 1.54) is 56.7 Å². The molecule has 0 aromatic heterocycles. The summed E-state index contributed by atoms with van der Waals surface area (Å²) in [6.07, 6.45) is 0. The van der Waals surface area contributed by atoms with Crippen molar-refractivity contribution in [2.24, 2.45) is 0 Å². The first-order chi connectivity index (χ1) is 16.3. The van der Waals surface area contributed by atoms with Crippen LogP contribution in [0.5, 0.6) is 0 Å². The van der Waals surface area contributed by atoms with E-state index in [9.17, 15) is 0 Å². The van der Waals surface area contributed by atoms with Crippen molar-refractivity contribution in [1.29, 1.82) is 0 Å². The van der Waals surface area contributed by atoms with Gasteiger partial charge in [-0.3, -0.25) is 0 Å². The minimum absolute atomic E-state index is 0.901. The van der Waals surface area contributed by atoms with Gasteiger partial charge in [0.25, 0.3) is 0 Å². The molecule has 0 radical (unpaired) electrons. The molecule has 0 amide bonds. The number of hydrogen-bond acceptors (Lipinski definition) is 7. The second kappa shape index (κ2) is 18.8. The van der Waals surface area contributed by atoms with Crippen LogP contribution in [-0.4, -0.2) is 137 Å². The normalized spacial score (nSPS) is 29.1. The molecule has 0 nitrogen and oxygen atoms in total. The van der Waals surface area contributed by atoms with Crippen LogP contribution in [0.1, 0.15) is 0 Å². The van der Waals surface area contributed by atoms with Gasteiger partial charge in [0.2, 0.25) is 0 Å². The Kier molecular flexibility index (Phi) is 17.4. The molecule has 0 bridgehead atoms. The molecule has 0 aliphatic carbocycles. The van der Waals surface area contributed by atoms with E-state index in [-0.39, 0.29) is 0 Å². The topological polar surface area (TPSA) is 0 Å². The number of thioether (sulfide) groups is 7. The van der Waals surface area contributed by atoms with Gasteiger partial charge >= 0.3 is 262 Å². The third-order valence-corrected chi connectivity index (χ3v) is 27.4. The molecule has 4 saturated heterocycles. The van der Waals surface area contributed by atoms with Crippen LogP contribution in [-0.2, 0) is 0 Å². The quantitative estimate of drug-likeness (QED) is 0.0608. The Morgan fingerprint density at radius 1 is 0.576 bits per heavy atom. The van der Waals surface area contributed by atoms with Crippen molar-refractivity contribution in [3.63, 3.8) is 0 Å². The molecule has 33 heavy (non-hydrogen) atoms. The van der Waals surface area contributed by atoms with Gasteiger partial charge in [-0.25, -0.2) is 0 Å². The van der Waals surface area contributed by atoms with Crippen molar-refractivity contribution >= 4 is 142 Å². The Morgan fingerprint density at radius 3 is 1.55 bits per heavy atom. The van der Waals surface area contributed by atoms with Gasteiger partial charge in [-0.05, 0) is 0 Å². The van der Waals surface area contributed by atoms with Crippen LogP contribution in [0.2, 0.25) is 42.6 Å². The molecule has 4 heterocycles. The molecule has 6 unspecified atom stereocenters. The Labute approximate surface area is 258 Å². The van der Waals surface area contributed by atoms with E-state index in [1.807, 2.05) is 0 Å². The first-order valence-electron chi connectivity index (χ1n) is 11.9. The van der Waals surface area contributed by atoms with Crippen LogP contribution in [0.4, 0.5) is 0 Å². The first kappa shape index (κ1) is 30.5. The summed E-state index contributed by atoms with van der Waals surface area (Å²) in [5.41, 5.74) is 0. The van der Waals surface area contributed by atoms with Gasteiger partial charge < -0.3 is 0 Å². The predicted octanol–water partition coefficient (Wildman–Crippen LogP) is 6.55. The number of hydrogen-bond donors (Lipinski definition) is 0. The molecule has 4 aliphatic heterocycles. The van der Waals surface area contributed by atoms with Crippen LogP contribution in [0.15, 0.2) is 0 Å². The molecule has 0 aromatic carbocycles. The van der Waals surface area contributed by atoms with Gasteiger partial charge in [0.15, 0.2) is 0 Å². The molecule has 11 heteroatoms. The second-order valence-electron chi connectivity index (χ2n) is 8.57. The van der Waals surface area contributed by atoms with Gasteiger partial charge in [0.1, 0.15) is 0 Å². The zero-order chi connectivity index (χ0) is 22.6. The van der Waals surface area contributed by atoms with Crippen molar-refractivity contribution in [2.75, 3.05) is 46.0 Å². The van der Waals surface area contributed by atoms with Crippen LogP contribution in [0.3, 0.4) is 0 Å². The molecule has 4 rings (SSSR count). The summed E-state index contributed by atoms with van der Waals surface area (Å²) in [4.78, 5) is 0. The molecule has 0 saturated carbocycles. The second-order valence-corrected chi connectivity index (χ2v) is 27.1. The minimum atomic E-state index is 0.901. The summed E-state index contributed by atoms with van der Waals surface area (Å²) in [5.74, 6) is 11.7. The van der Waals surface area contributed by atoms with Gasteiger partial charge in [-0.15, -0.1) is 0 Å². The molecule has 0 aromatic rings. The van der Waals surface area contributed by atoms with E-state index in [2.05, 4.69) is 82.3 Å². The first-order valence-corrected chi connectivity index (χ1v) is 29.1. The van der Waals surface area contributed by atoms with Gasteiger partial charge in [0.05, 0.1) is 0 Å². The van der Waals surface area contributed by atoms with Gasteiger partial charge in [-0.2, -0.15) is 0 Å². The molecular weight excluding hydrogens is 805 g/mol. The van der Waals surface area contributed by atoms with Crippen molar-refractivity contribution < 1.29 is 0 Å². The zero-order valence-corrected chi connectivity index (χ0v) is 31.8.